The first-order chi connectivity index (χ1) is 13.9. The lowest BCUT2D eigenvalue weighted by Gasteiger charge is -2.30. The lowest BCUT2D eigenvalue weighted by atomic mass is 9.94. The number of likely N-dealkylation sites (tertiary alicyclic amines) is 1. The number of hydrogen-bond donors (Lipinski definition) is 2. The van der Waals surface area contributed by atoms with E-state index in [4.69, 9.17) is 5.11 Å². The van der Waals surface area contributed by atoms with E-state index >= 15 is 0 Å². The third-order valence-corrected chi connectivity index (χ3v) is 4.83. The molecule has 1 atom stereocenters. The summed E-state index contributed by atoms with van der Waals surface area (Å²) in [7, 11) is 0. The number of aliphatic carboxylic acids is 1. The zero-order chi connectivity index (χ0) is 20.8. The van der Waals surface area contributed by atoms with Crippen molar-refractivity contribution in [2.75, 3.05) is 13.1 Å². The minimum Gasteiger partial charge on any atom is -0.480 e. The highest BCUT2D eigenvalue weighted by Crippen LogP contribution is 2.19. The molecule has 0 saturated carbocycles. The van der Waals surface area contributed by atoms with Gasteiger partial charge in [0.25, 0.3) is 0 Å². The number of piperidine rings is 1. The molecule has 0 bridgehead atoms. The monoisotopic (exact) mass is 394 g/mol. The summed E-state index contributed by atoms with van der Waals surface area (Å²) in [5, 5.41) is 10.8. The van der Waals surface area contributed by atoms with Gasteiger partial charge < -0.3 is 15.3 Å². The van der Waals surface area contributed by atoms with E-state index in [1.165, 1.54) is 10.5 Å². The number of benzene rings is 2. The first kappa shape index (κ1) is 20.3. The van der Waals surface area contributed by atoms with E-state index in [2.05, 4.69) is 17.4 Å². The van der Waals surface area contributed by atoms with Gasteiger partial charge in [-0.2, -0.15) is 0 Å². The largest absolute Gasteiger partial charge is 0.480 e. The minimum absolute atomic E-state index is 0.0724. The second-order valence-electron chi connectivity index (χ2n) is 7.00. The van der Waals surface area contributed by atoms with Crippen LogP contribution >= 0.6 is 0 Å². The second kappa shape index (κ2) is 9.14. The number of carbonyl (C=O) groups is 4. The average molecular weight is 394 g/mol. The van der Waals surface area contributed by atoms with Crippen molar-refractivity contribution in [2.45, 2.75) is 19.4 Å². The predicted octanol–water partition coefficient (Wildman–Crippen LogP) is 1.40. The molecule has 0 spiro atoms. The summed E-state index contributed by atoms with van der Waals surface area (Å²) in [4.78, 5) is 48.9. The Bertz CT molecular complexity index is 909. The van der Waals surface area contributed by atoms with Gasteiger partial charge in [0.15, 0.2) is 11.7 Å². The lowest BCUT2D eigenvalue weighted by molar-refractivity contribution is -0.152. The molecule has 2 aromatic carbocycles. The molecule has 0 radical (unpaired) electrons. The van der Waals surface area contributed by atoms with Crippen LogP contribution in [-0.2, 0) is 32.1 Å². The highest BCUT2D eigenvalue weighted by Gasteiger charge is 2.40. The van der Waals surface area contributed by atoms with Crippen LogP contribution in [0.2, 0.25) is 0 Å². The molecule has 1 fully saturated rings. The summed E-state index contributed by atoms with van der Waals surface area (Å²) in [5.74, 6) is -4.63. The first-order valence-corrected chi connectivity index (χ1v) is 9.37. The van der Waals surface area contributed by atoms with Crippen molar-refractivity contribution >= 4 is 23.6 Å². The zero-order valence-corrected chi connectivity index (χ0v) is 15.8. The Morgan fingerprint density at radius 1 is 0.966 bits per heavy atom. The molecule has 1 unspecified atom stereocenters. The topological polar surface area (TPSA) is 104 Å². The molecule has 150 valence electrons. The van der Waals surface area contributed by atoms with Crippen LogP contribution < -0.4 is 5.32 Å². The molecule has 3 rings (SSSR count). The quantitative estimate of drug-likeness (QED) is 0.691. The number of amides is 2. The fourth-order valence-corrected chi connectivity index (χ4v) is 3.31. The number of carbonyl (C=O) groups excluding carboxylic acids is 3. The Morgan fingerprint density at radius 3 is 2.24 bits per heavy atom. The van der Waals surface area contributed by atoms with Gasteiger partial charge in [0.2, 0.25) is 11.8 Å². The number of ketones is 1. The maximum atomic E-state index is 12.6. The Morgan fingerprint density at radius 2 is 1.59 bits per heavy atom. The van der Waals surface area contributed by atoms with E-state index in [1.54, 1.807) is 0 Å². The normalized spacial score (nSPS) is 16.6. The Hall–Kier alpha value is -3.48. The molecule has 0 aliphatic carbocycles. The smallest absolute Gasteiger partial charge is 0.322 e. The number of carboxylic acid groups (broad SMARTS) is 1. The highest BCUT2D eigenvalue weighted by molar-refractivity contribution is 6.19. The van der Waals surface area contributed by atoms with Crippen molar-refractivity contribution in [3.63, 3.8) is 0 Å². The maximum absolute atomic E-state index is 12.6. The Kier molecular flexibility index (Phi) is 6.39. The van der Waals surface area contributed by atoms with Crippen LogP contribution in [0.3, 0.4) is 0 Å². The molecule has 1 saturated heterocycles. The molecule has 1 aliphatic heterocycles. The molecule has 29 heavy (non-hydrogen) atoms. The van der Waals surface area contributed by atoms with Gasteiger partial charge in [-0.3, -0.25) is 19.2 Å². The van der Waals surface area contributed by atoms with E-state index in [1.807, 2.05) is 42.5 Å². The van der Waals surface area contributed by atoms with Crippen LogP contribution in [0, 0.1) is 5.92 Å². The zero-order valence-electron chi connectivity index (χ0n) is 15.8. The number of carboxylic acids is 1. The summed E-state index contributed by atoms with van der Waals surface area (Å²) < 4.78 is 0. The predicted molar refractivity (Wildman–Crippen MR) is 105 cm³/mol. The van der Waals surface area contributed by atoms with Gasteiger partial charge in [0.1, 0.15) is 6.54 Å². The third-order valence-electron chi connectivity index (χ3n) is 4.83. The fraction of sp³-hybridized carbons (Fsp3) is 0.273. The number of rotatable bonds is 7. The van der Waals surface area contributed by atoms with E-state index in [0.717, 1.165) is 17.5 Å². The third kappa shape index (κ3) is 5.28. The molecule has 2 aromatic rings. The van der Waals surface area contributed by atoms with Crippen LogP contribution in [0.5, 0.6) is 0 Å². The molecular weight excluding hydrogens is 372 g/mol. The second-order valence-corrected chi connectivity index (χ2v) is 7.00. The van der Waals surface area contributed by atoms with Gasteiger partial charge in [0.05, 0.1) is 0 Å². The van der Waals surface area contributed by atoms with Crippen molar-refractivity contribution in [1.82, 2.24) is 10.2 Å². The SMILES string of the molecule is O=C(O)CNC(=O)C1C(=O)CCN(Cc2ccc(Cc3ccccc3)cc2)C1=O. The molecule has 2 N–H and O–H groups in total. The van der Waals surface area contributed by atoms with Crippen LogP contribution in [-0.4, -0.2) is 46.7 Å². The van der Waals surface area contributed by atoms with Crippen molar-refractivity contribution in [3.05, 3.63) is 71.3 Å². The van der Waals surface area contributed by atoms with Crippen molar-refractivity contribution < 1.29 is 24.3 Å². The minimum atomic E-state index is -1.47. The lowest BCUT2D eigenvalue weighted by Crippen LogP contribution is -2.52. The number of hydrogen-bond acceptors (Lipinski definition) is 4. The molecule has 1 aliphatic rings. The summed E-state index contributed by atoms with van der Waals surface area (Å²) >= 11 is 0. The number of nitrogens with one attached hydrogen (secondary N) is 1. The van der Waals surface area contributed by atoms with Gasteiger partial charge in [-0.1, -0.05) is 54.6 Å². The highest BCUT2D eigenvalue weighted by atomic mass is 16.4. The average Bonchev–Trinajstić information content (AvgIpc) is 2.71. The number of Topliss-reactive ketones (excluding diaryl/α,β-unsaturated/α-hetero) is 1. The van der Waals surface area contributed by atoms with Gasteiger partial charge in [0, 0.05) is 19.5 Å². The van der Waals surface area contributed by atoms with Crippen LogP contribution in [0.4, 0.5) is 0 Å². The Labute approximate surface area is 168 Å². The van der Waals surface area contributed by atoms with Crippen molar-refractivity contribution in [2.24, 2.45) is 5.92 Å². The van der Waals surface area contributed by atoms with Gasteiger partial charge >= 0.3 is 5.97 Å². The maximum Gasteiger partial charge on any atom is 0.322 e. The number of nitrogens with zero attached hydrogens (tertiary/aromatic N) is 1. The molecule has 2 amide bonds. The molecular formula is C22H22N2O5. The summed E-state index contributed by atoms with van der Waals surface area (Å²) in [6, 6.07) is 18.0. The summed E-state index contributed by atoms with van der Waals surface area (Å²) in [6.45, 7) is -0.0919. The standard InChI is InChI=1S/C22H22N2O5/c25-18-10-11-24(22(29)20(18)21(28)23-13-19(26)27)14-17-8-6-16(7-9-17)12-15-4-2-1-3-5-15/h1-9,20H,10-14H2,(H,23,28)(H,26,27). The Balaban J connectivity index is 1.63. The summed E-state index contributed by atoms with van der Waals surface area (Å²) in [5.41, 5.74) is 3.25. The van der Waals surface area contributed by atoms with Gasteiger partial charge in [-0.15, -0.1) is 0 Å². The van der Waals surface area contributed by atoms with Crippen LogP contribution in [0.25, 0.3) is 0 Å². The van der Waals surface area contributed by atoms with Gasteiger partial charge in [-0.05, 0) is 23.1 Å². The molecule has 7 heteroatoms. The van der Waals surface area contributed by atoms with E-state index in [0.29, 0.717) is 6.54 Å². The van der Waals surface area contributed by atoms with Crippen LogP contribution in [0.15, 0.2) is 54.6 Å². The molecule has 1 heterocycles. The van der Waals surface area contributed by atoms with E-state index in [9.17, 15) is 19.2 Å². The first-order valence-electron chi connectivity index (χ1n) is 9.37. The fourth-order valence-electron chi connectivity index (χ4n) is 3.31. The molecule has 7 nitrogen and oxygen atoms in total. The summed E-state index contributed by atoms with van der Waals surface area (Å²) in [6.07, 6.45) is 0.882. The molecule has 0 aromatic heterocycles. The van der Waals surface area contributed by atoms with Crippen LogP contribution in [0.1, 0.15) is 23.1 Å². The van der Waals surface area contributed by atoms with Crippen molar-refractivity contribution in [3.8, 4) is 0 Å². The van der Waals surface area contributed by atoms with Crippen molar-refractivity contribution in [1.29, 1.82) is 0 Å². The van der Waals surface area contributed by atoms with E-state index in [-0.39, 0.29) is 13.0 Å². The van der Waals surface area contributed by atoms with Gasteiger partial charge in [-0.25, -0.2) is 0 Å². The van der Waals surface area contributed by atoms with E-state index < -0.39 is 36.0 Å².